The Balaban J connectivity index is 1.92. The van der Waals surface area contributed by atoms with Gasteiger partial charge in [0.15, 0.2) is 0 Å². The van der Waals surface area contributed by atoms with Crippen LogP contribution in [-0.4, -0.2) is 30.1 Å². The average molecular weight is 453 g/mol. The van der Waals surface area contributed by atoms with Crippen molar-refractivity contribution in [2.45, 2.75) is 12.8 Å². The number of hydrogen-bond acceptors (Lipinski definition) is 6. The standard InChI is InChI=1S/C23H20FN3O4S/c1-2-31-23(30)20-19(15-10-6-7-11-17(15)24)16(12-25)22(27-21(20)29)32-13-18(28)26-14-8-4-3-5-9-14/h3-11,19-20H,2,13H2,1H3,(H,26,28)(H,27,29). The molecule has 0 saturated heterocycles. The second-order valence-corrected chi connectivity index (χ2v) is 7.76. The van der Waals surface area contributed by atoms with Gasteiger partial charge in [0, 0.05) is 11.6 Å². The predicted molar refractivity (Wildman–Crippen MR) is 118 cm³/mol. The van der Waals surface area contributed by atoms with Gasteiger partial charge in [-0.25, -0.2) is 4.39 Å². The minimum absolute atomic E-state index is 0.00901. The van der Waals surface area contributed by atoms with Gasteiger partial charge in [0.2, 0.25) is 11.8 Å². The summed E-state index contributed by atoms with van der Waals surface area (Å²) in [5.41, 5.74) is 0.626. The maximum absolute atomic E-state index is 14.6. The first-order valence-corrected chi connectivity index (χ1v) is 10.8. The van der Waals surface area contributed by atoms with E-state index in [1.54, 1.807) is 37.3 Å². The number of carbonyl (C=O) groups is 3. The minimum atomic E-state index is -1.43. The maximum Gasteiger partial charge on any atom is 0.319 e. The van der Waals surface area contributed by atoms with Crippen LogP contribution in [0.25, 0.3) is 0 Å². The average Bonchev–Trinajstić information content (AvgIpc) is 2.78. The summed E-state index contributed by atoms with van der Waals surface area (Å²) in [5.74, 6) is -5.28. The van der Waals surface area contributed by atoms with E-state index in [9.17, 15) is 24.0 Å². The smallest absolute Gasteiger partial charge is 0.319 e. The Bertz CT molecular complexity index is 1100. The molecule has 0 aromatic heterocycles. The van der Waals surface area contributed by atoms with Crippen LogP contribution in [-0.2, 0) is 19.1 Å². The SMILES string of the molecule is CCOC(=O)C1C(=O)NC(SCC(=O)Nc2ccccc2)=C(C#N)C1c1ccccc1F. The Morgan fingerprint density at radius 2 is 1.88 bits per heavy atom. The molecule has 0 aliphatic carbocycles. The summed E-state index contributed by atoms with van der Waals surface area (Å²) in [5, 5.41) is 15.2. The van der Waals surface area contributed by atoms with Gasteiger partial charge in [-0.15, -0.1) is 0 Å². The van der Waals surface area contributed by atoms with Crippen LogP contribution in [0.5, 0.6) is 0 Å². The molecule has 2 atom stereocenters. The molecule has 2 N–H and O–H groups in total. The third-order valence-corrected chi connectivity index (χ3v) is 5.73. The fraction of sp³-hybridized carbons (Fsp3) is 0.217. The second-order valence-electron chi connectivity index (χ2n) is 6.78. The number of thioether (sulfide) groups is 1. The summed E-state index contributed by atoms with van der Waals surface area (Å²) < 4.78 is 19.6. The Kier molecular flexibility index (Phi) is 7.63. The number of rotatable bonds is 7. The molecule has 0 fully saturated rings. The number of benzene rings is 2. The molecule has 2 amide bonds. The van der Waals surface area contributed by atoms with Crippen molar-refractivity contribution in [1.82, 2.24) is 5.32 Å². The molecule has 1 aliphatic rings. The van der Waals surface area contributed by atoms with Crippen LogP contribution < -0.4 is 10.6 Å². The van der Waals surface area contributed by atoms with Crippen LogP contribution in [0.1, 0.15) is 18.4 Å². The minimum Gasteiger partial charge on any atom is -0.465 e. The number of ether oxygens (including phenoxy) is 1. The van der Waals surface area contributed by atoms with Gasteiger partial charge in [-0.05, 0) is 30.7 Å². The summed E-state index contributed by atoms with van der Waals surface area (Å²) in [6.07, 6.45) is 0. The highest BCUT2D eigenvalue weighted by atomic mass is 32.2. The summed E-state index contributed by atoms with van der Waals surface area (Å²) in [4.78, 5) is 37.7. The second kappa shape index (κ2) is 10.6. The topological polar surface area (TPSA) is 108 Å². The van der Waals surface area contributed by atoms with Gasteiger partial charge in [-0.2, -0.15) is 5.26 Å². The lowest BCUT2D eigenvalue weighted by molar-refractivity contribution is -0.152. The number of nitriles is 1. The fourth-order valence-electron chi connectivity index (χ4n) is 3.34. The van der Waals surface area contributed by atoms with Crippen molar-refractivity contribution >= 4 is 35.2 Å². The Hall–Kier alpha value is -3.64. The van der Waals surface area contributed by atoms with Crippen molar-refractivity contribution in [3.63, 3.8) is 0 Å². The molecule has 0 spiro atoms. The first-order chi connectivity index (χ1) is 15.5. The fourth-order valence-corrected chi connectivity index (χ4v) is 4.19. The van der Waals surface area contributed by atoms with E-state index in [2.05, 4.69) is 10.6 Å². The third kappa shape index (κ3) is 5.15. The van der Waals surface area contributed by atoms with Crippen LogP contribution in [0, 0.1) is 23.1 Å². The van der Waals surface area contributed by atoms with E-state index in [0.29, 0.717) is 5.69 Å². The van der Waals surface area contributed by atoms with E-state index in [1.807, 2.05) is 12.1 Å². The molecule has 2 unspecified atom stereocenters. The number of anilines is 1. The number of hydrogen-bond donors (Lipinski definition) is 2. The molecular formula is C23H20FN3O4S. The number of carbonyl (C=O) groups excluding carboxylic acids is 3. The predicted octanol–water partition coefficient (Wildman–Crippen LogP) is 3.33. The molecule has 7 nitrogen and oxygen atoms in total. The quantitative estimate of drug-likeness (QED) is 0.492. The zero-order valence-corrected chi connectivity index (χ0v) is 17.9. The van der Waals surface area contributed by atoms with Crippen LogP contribution >= 0.6 is 11.8 Å². The molecule has 9 heteroatoms. The lowest BCUT2D eigenvalue weighted by atomic mass is 9.78. The number of nitrogens with zero attached hydrogens (tertiary/aromatic N) is 1. The molecule has 164 valence electrons. The number of amides is 2. The molecule has 0 bridgehead atoms. The zero-order chi connectivity index (χ0) is 23.1. The summed E-state index contributed by atoms with van der Waals surface area (Å²) >= 11 is 0.931. The molecule has 3 rings (SSSR count). The highest BCUT2D eigenvalue weighted by Gasteiger charge is 2.45. The van der Waals surface area contributed by atoms with Crippen LogP contribution in [0.3, 0.4) is 0 Å². The van der Waals surface area contributed by atoms with Gasteiger partial charge >= 0.3 is 5.97 Å². The molecule has 0 saturated carbocycles. The van der Waals surface area contributed by atoms with E-state index < -0.39 is 29.5 Å². The number of halogens is 1. The lowest BCUT2D eigenvalue weighted by Crippen LogP contribution is -2.44. The molecule has 32 heavy (non-hydrogen) atoms. The van der Waals surface area contributed by atoms with Crippen molar-refractivity contribution < 1.29 is 23.5 Å². The van der Waals surface area contributed by atoms with E-state index in [4.69, 9.17) is 4.74 Å². The third-order valence-electron chi connectivity index (χ3n) is 4.71. The molecule has 2 aromatic carbocycles. The maximum atomic E-state index is 14.6. The van der Waals surface area contributed by atoms with Crippen molar-refractivity contribution in [2.75, 3.05) is 17.7 Å². The summed E-state index contributed by atoms with van der Waals surface area (Å²) in [6.45, 7) is 1.61. The Labute approximate surface area is 188 Å². The van der Waals surface area contributed by atoms with Crippen LogP contribution in [0.15, 0.2) is 65.2 Å². The number of esters is 1. The first kappa shape index (κ1) is 23.0. The van der Waals surface area contributed by atoms with E-state index in [0.717, 1.165) is 11.8 Å². The van der Waals surface area contributed by atoms with Crippen molar-refractivity contribution in [3.8, 4) is 6.07 Å². The highest BCUT2D eigenvalue weighted by Crippen LogP contribution is 2.41. The number of allylic oxidation sites excluding steroid dienone is 1. The largest absolute Gasteiger partial charge is 0.465 e. The van der Waals surface area contributed by atoms with Gasteiger partial charge < -0.3 is 15.4 Å². The van der Waals surface area contributed by atoms with E-state index in [-0.39, 0.29) is 34.4 Å². The van der Waals surface area contributed by atoms with Gasteiger partial charge in [-0.1, -0.05) is 48.2 Å². The van der Waals surface area contributed by atoms with Crippen molar-refractivity contribution in [3.05, 3.63) is 76.6 Å². The molecule has 0 radical (unpaired) electrons. The van der Waals surface area contributed by atoms with Gasteiger partial charge in [0.05, 0.1) is 29.0 Å². The molecule has 1 aliphatic heterocycles. The van der Waals surface area contributed by atoms with Crippen molar-refractivity contribution in [1.29, 1.82) is 5.26 Å². The number of para-hydroxylation sites is 1. The molecule has 1 heterocycles. The van der Waals surface area contributed by atoms with E-state index in [1.165, 1.54) is 18.2 Å². The Morgan fingerprint density at radius 3 is 2.53 bits per heavy atom. The van der Waals surface area contributed by atoms with Gasteiger partial charge in [0.1, 0.15) is 11.7 Å². The summed E-state index contributed by atoms with van der Waals surface area (Å²) in [6, 6.07) is 16.4. The number of nitrogens with one attached hydrogen (secondary N) is 2. The van der Waals surface area contributed by atoms with Crippen molar-refractivity contribution in [2.24, 2.45) is 5.92 Å². The zero-order valence-electron chi connectivity index (χ0n) is 17.1. The Morgan fingerprint density at radius 1 is 1.19 bits per heavy atom. The van der Waals surface area contributed by atoms with E-state index >= 15 is 0 Å². The molecular weight excluding hydrogens is 433 g/mol. The van der Waals surface area contributed by atoms with Crippen LogP contribution in [0.4, 0.5) is 10.1 Å². The highest BCUT2D eigenvalue weighted by molar-refractivity contribution is 8.03. The first-order valence-electron chi connectivity index (χ1n) is 9.80. The lowest BCUT2D eigenvalue weighted by Gasteiger charge is -2.31. The van der Waals surface area contributed by atoms with Crippen LogP contribution in [0.2, 0.25) is 0 Å². The van der Waals surface area contributed by atoms with Gasteiger partial charge in [0.25, 0.3) is 0 Å². The monoisotopic (exact) mass is 453 g/mol. The molecule has 2 aromatic rings. The summed E-state index contributed by atoms with van der Waals surface area (Å²) in [7, 11) is 0. The normalized spacial score (nSPS) is 17.8. The van der Waals surface area contributed by atoms with Gasteiger partial charge in [-0.3, -0.25) is 14.4 Å².